The number of anilines is 4. The predicted molar refractivity (Wildman–Crippen MR) is 108 cm³/mol. The van der Waals surface area contributed by atoms with Crippen LogP contribution >= 0.6 is 0 Å². The minimum absolute atomic E-state index is 0.0142. The van der Waals surface area contributed by atoms with Crippen molar-refractivity contribution in [2.24, 2.45) is 0 Å². The first kappa shape index (κ1) is 18.2. The van der Waals surface area contributed by atoms with Crippen LogP contribution in [-0.4, -0.2) is 34.9 Å². The molecule has 8 nitrogen and oxygen atoms in total. The van der Waals surface area contributed by atoms with E-state index in [1.165, 1.54) is 0 Å². The highest BCUT2D eigenvalue weighted by Gasteiger charge is 2.35. The van der Waals surface area contributed by atoms with Crippen LogP contribution in [0.15, 0.2) is 18.2 Å². The number of nitrogens with one attached hydrogen (secondary N) is 2. The van der Waals surface area contributed by atoms with Crippen LogP contribution in [0.25, 0.3) is 0 Å². The maximum Gasteiger partial charge on any atom is 0.232 e. The van der Waals surface area contributed by atoms with E-state index in [0.717, 1.165) is 42.7 Å². The highest BCUT2D eigenvalue weighted by molar-refractivity contribution is 6.05. The Labute approximate surface area is 163 Å². The molecule has 4 rings (SSSR count). The zero-order chi connectivity index (χ0) is 19.8. The number of nitrogens with two attached hydrogens (primary N) is 1. The van der Waals surface area contributed by atoms with Gasteiger partial charge in [-0.2, -0.15) is 9.97 Å². The summed E-state index contributed by atoms with van der Waals surface area (Å²) in [6, 6.07) is 5.85. The quantitative estimate of drug-likeness (QED) is 0.753. The van der Waals surface area contributed by atoms with Crippen molar-refractivity contribution >= 4 is 35.1 Å². The zero-order valence-electron chi connectivity index (χ0n) is 16.1. The number of aromatic nitrogens is 2. The molecule has 8 heteroatoms. The van der Waals surface area contributed by atoms with Crippen molar-refractivity contribution in [3.05, 3.63) is 34.9 Å². The Morgan fingerprint density at radius 3 is 2.75 bits per heavy atom. The fourth-order valence-electron chi connectivity index (χ4n) is 3.76. The van der Waals surface area contributed by atoms with Gasteiger partial charge >= 0.3 is 0 Å². The average molecular weight is 380 g/mol. The van der Waals surface area contributed by atoms with Crippen LogP contribution in [0.2, 0.25) is 0 Å². The molecular formula is C20H24N6O2. The number of hydrogen-bond donors (Lipinski definition) is 3. The van der Waals surface area contributed by atoms with Gasteiger partial charge in [-0.3, -0.25) is 9.59 Å². The van der Waals surface area contributed by atoms with Gasteiger partial charge in [0, 0.05) is 25.2 Å². The fraction of sp³-hybridized carbons (Fsp3) is 0.400. The SMILES string of the molecule is Cc1ccc(C)c(NC(=O)[C@@H]2CC(=O)Nc3nc(N4CCCC4)nc(N)c32)c1. The average Bonchev–Trinajstić information content (AvgIpc) is 3.18. The Balaban J connectivity index is 1.67. The van der Waals surface area contributed by atoms with Crippen LogP contribution in [-0.2, 0) is 9.59 Å². The van der Waals surface area contributed by atoms with Crippen LogP contribution in [0.3, 0.4) is 0 Å². The van der Waals surface area contributed by atoms with E-state index in [1.807, 2.05) is 36.9 Å². The van der Waals surface area contributed by atoms with E-state index < -0.39 is 5.92 Å². The van der Waals surface area contributed by atoms with Crippen molar-refractivity contribution in [2.45, 2.75) is 39.0 Å². The van der Waals surface area contributed by atoms with Gasteiger partial charge in [-0.1, -0.05) is 12.1 Å². The minimum Gasteiger partial charge on any atom is -0.383 e. The van der Waals surface area contributed by atoms with Gasteiger partial charge in [-0.25, -0.2) is 0 Å². The highest BCUT2D eigenvalue weighted by Crippen LogP contribution is 2.37. The number of carbonyl (C=O) groups excluding carboxylic acids is 2. The number of nitrogens with zero attached hydrogens (tertiary/aromatic N) is 3. The molecule has 0 aliphatic carbocycles. The standard InChI is InChI=1S/C20H24N6O2/c1-11-5-6-12(2)14(9-11)22-19(28)13-10-15(27)23-18-16(13)17(21)24-20(25-18)26-7-3-4-8-26/h5-6,9,13H,3-4,7-8,10H2,1-2H3,(H,22,28)(H3,21,23,24,25,27)/t13-/m1/s1. The molecule has 0 bridgehead atoms. The number of benzene rings is 1. The van der Waals surface area contributed by atoms with Crippen LogP contribution in [0.1, 0.15) is 41.9 Å². The second kappa shape index (κ2) is 7.10. The molecule has 1 aromatic carbocycles. The summed E-state index contributed by atoms with van der Waals surface area (Å²) in [5.41, 5.74) is 9.43. The van der Waals surface area contributed by atoms with Crippen molar-refractivity contribution in [1.29, 1.82) is 0 Å². The molecule has 0 saturated carbocycles. The van der Waals surface area contributed by atoms with Gasteiger partial charge in [-0.15, -0.1) is 0 Å². The van der Waals surface area contributed by atoms with Crippen molar-refractivity contribution < 1.29 is 9.59 Å². The monoisotopic (exact) mass is 380 g/mol. The van der Waals surface area contributed by atoms with Gasteiger partial charge in [0.05, 0.1) is 11.5 Å². The summed E-state index contributed by atoms with van der Waals surface area (Å²) in [5, 5.41) is 5.70. The Morgan fingerprint density at radius 2 is 2.00 bits per heavy atom. The minimum atomic E-state index is -0.726. The van der Waals surface area contributed by atoms with Crippen molar-refractivity contribution in [3.63, 3.8) is 0 Å². The zero-order valence-corrected chi connectivity index (χ0v) is 16.1. The molecule has 146 valence electrons. The smallest absolute Gasteiger partial charge is 0.232 e. The van der Waals surface area contributed by atoms with E-state index in [4.69, 9.17) is 5.73 Å². The summed E-state index contributed by atoms with van der Waals surface area (Å²) < 4.78 is 0. The Hall–Kier alpha value is -3.16. The third kappa shape index (κ3) is 3.37. The molecule has 4 N–H and O–H groups in total. The third-order valence-corrected chi connectivity index (χ3v) is 5.32. The molecule has 1 aromatic heterocycles. The number of hydrogen-bond acceptors (Lipinski definition) is 6. The van der Waals surface area contributed by atoms with Gasteiger partial charge < -0.3 is 21.3 Å². The molecule has 0 spiro atoms. The van der Waals surface area contributed by atoms with Crippen LogP contribution in [0.5, 0.6) is 0 Å². The second-order valence-corrected chi connectivity index (χ2v) is 7.48. The first-order valence-electron chi connectivity index (χ1n) is 9.52. The largest absolute Gasteiger partial charge is 0.383 e. The maximum absolute atomic E-state index is 13.0. The van der Waals surface area contributed by atoms with E-state index >= 15 is 0 Å². The lowest BCUT2D eigenvalue weighted by molar-refractivity contribution is -0.123. The molecule has 28 heavy (non-hydrogen) atoms. The highest BCUT2D eigenvalue weighted by atomic mass is 16.2. The maximum atomic E-state index is 13.0. The molecule has 2 aromatic rings. The third-order valence-electron chi connectivity index (χ3n) is 5.32. The predicted octanol–water partition coefficient (Wildman–Crippen LogP) is 2.34. The van der Waals surface area contributed by atoms with Gasteiger partial charge in [0.25, 0.3) is 0 Å². The summed E-state index contributed by atoms with van der Waals surface area (Å²) in [4.78, 5) is 36.2. The van der Waals surface area contributed by atoms with E-state index in [9.17, 15) is 9.59 Å². The lowest BCUT2D eigenvalue weighted by Crippen LogP contribution is -2.33. The van der Waals surface area contributed by atoms with Gasteiger partial charge in [0.2, 0.25) is 17.8 Å². The molecule has 2 aliphatic rings. The van der Waals surface area contributed by atoms with Gasteiger partial charge in [-0.05, 0) is 43.9 Å². The molecule has 3 heterocycles. The van der Waals surface area contributed by atoms with Crippen LogP contribution in [0.4, 0.5) is 23.3 Å². The molecular weight excluding hydrogens is 356 g/mol. The summed E-state index contributed by atoms with van der Waals surface area (Å²) >= 11 is 0. The first-order valence-corrected chi connectivity index (χ1v) is 9.52. The van der Waals surface area contributed by atoms with Crippen LogP contribution < -0.4 is 21.3 Å². The number of aryl methyl sites for hydroxylation is 2. The number of amides is 2. The number of carbonyl (C=O) groups is 2. The molecule has 0 unspecified atom stereocenters. The van der Waals surface area contributed by atoms with E-state index in [0.29, 0.717) is 17.3 Å². The van der Waals surface area contributed by atoms with E-state index in [2.05, 4.69) is 20.6 Å². The van der Waals surface area contributed by atoms with Crippen molar-refractivity contribution in [3.8, 4) is 0 Å². The normalized spacial score (nSPS) is 18.6. The van der Waals surface area contributed by atoms with Gasteiger partial charge in [0.1, 0.15) is 11.6 Å². The molecule has 0 radical (unpaired) electrons. The summed E-state index contributed by atoms with van der Waals surface area (Å²) in [6.45, 7) is 5.62. The summed E-state index contributed by atoms with van der Waals surface area (Å²) in [5.74, 6) is -0.172. The number of rotatable bonds is 3. The molecule has 2 amide bonds. The number of fused-ring (bicyclic) bond motifs is 1. The summed E-state index contributed by atoms with van der Waals surface area (Å²) in [6.07, 6.45) is 2.17. The molecule has 1 atom stereocenters. The molecule has 1 saturated heterocycles. The second-order valence-electron chi connectivity index (χ2n) is 7.48. The number of nitrogen functional groups attached to an aromatic ring is 1. The Morgan fingerprint density at radius 1 is 1.25 bits per heavy atom. The van der Waals surface area contributed by atoms with E-state index in [-0.39, 0.29) is 24.1 Å². The van der Waals surface area contributed by atoms with Crippen LogP contribution in [0, 0.1) is 13.8 Å². The van der Waals surface area contributed by atoms with E-state index in [1.54, 1.807) is 0 Å². The van der Waals surface area contributed by atoms with Crippen molar-refractivity contribution in [2.75, 3.05) is 34.4 Å². The first-order chi connectivity index (χ1) is 13.4. The molecule has 1 fully saturated rings. The fourth-order valence-corrected chi connectivity index (χ4v) is 3.76. The summed E-state index contributed by atoms with van der Waals surface area (Å²) in [7, 11) is 0. The lowest BCUT2D eigenvalue weighted by Gasteiger charge is -2.27. The van der Waals surface area contributed by atoms with Gasteiger partial charge in [0.15, 0.2) is 0 Å². The Bertz CT molecular complexity index is 952. The van der Waals surface area contributed by atoms with Crippen molar-refractivity contribution in [1.82, 2.24) is 9.97 Å². The lowest BCUT2D eigenvalue weighted by atomic mass is 9.91. The molecule has 2 aliphatic heterocycles. The Kier molecular flexibility index (Phi) is 4.62. The topological polar surface area (TPSA) is 113 Å².